The summed E-state index contributed by atoms with van der Waals surface area (Å²) < 4.78 is 0. The minimum absolute atomic E-state index is 0.966. The summed E-state index contributed by atoms with van der Waals surface area (Å²) in [7, 11) is 0. The van der Waals surface area contributed by atoms with E-state index in [2.05, 4.69) is 17.8 Å². The second-order valence-corrected chi connectivity index (χ2v) is 2.17. The Morgan fingerprint density at radius 1 is 1.20 bits per heavy atom. The Morgan fingerprint density at radius 2 is 1.80 bits per heavy atom. The van der Waals surface area contributed by atoms with Crippen LogP contribution in [0.4, 0.5) is 5.69 Å². The predicted molar refractivity (Wildman–Crippen MR) is 43.8 cm³/mol. The van der Waals surface area contributed by atoms with Crippen molar-refractivity contribution in [2.45, 2.75) is 13.8 Å². The van der Waals surface area contributed by atoms with E-state index in [0.29, 0.717) is 0 Å². The Labute approximate surface area is 61.1 Å². The number of nitrogens with zero attached hydrogens (tertiary/aromatic N) is 1. The number of hydrogen-bond acceptors (Lipinski definition) is 0. The molecule has 1 heteroatoms. The molecular weight excluding hydrogens is 122 g/mol. The molecule has 0 aliphatic heterocycles. The first-order chi connectivity index (χ1) is 4.83. The van der Waals surface area contributed by atoms with Crippen molar-refractivity contribution in [2.24, 2.45) is 0 Å². The van der Waals surface area contributed by atoms with E-state index in [1.165, 1.54) is 5.56 Å². The van der Waals surface area contributed by atoms with E-state index in [4.69, 9.17) is 0 Å². The maximum absolute atomic E-state index is 4.00. The molecule has 0 bridgehead atoms. The van der Waals surface area contributed by atoms with Gasteiger partial charge in [0, 0.05) is 12.1 Å². The number of aryl methyl sites for hydroxylation is 1. The Hall–Kier alpha value is -1.29. The SMILES string of the molecule is CC#[N+]c1ccc(C)cc1. The van der Waals surface area contributed by atoms with Crippen LogP contribution in [0.3, 0.4) is 0 Å². The molecule has 0 aliphatic rings. The summed E-state index contributed by atoms with van der Waals surface area (Å²) in [5, 5.41) is 0. The van der Waals surface area contributed by atoms with Gasteiger partial charge in [0.1, 0.15) is 0 Å². The fraction of sp³-hybridized carbons (Fsp3) is 0.222. The average Bonchev–Trinajstić information content (AvgIpc) is 1.95. The third kappa shape index (κ3) is 1.60. The molecule has 1 aromatic rings. The van der Waals surface area contributed by atoms with Gasteiger partial charge in [-0.05, 0) is 11.8 Å². The molecule has 0 aliphatic carbocycles. The normalized spacial score (nSPS) is 8.20. The molecule has 0 amide bonds. The van der Waals surface area contributed by atoms with Crippen LogP contribution in [0.2, 0.25) is 0 Å². The largest absolute Gasteiger partial charge is 0.340 e. The quantitative estimate of drug-likeness (QED) is 0.511. The highest BCUT2D eigenvalue weighted by atomic mass is 14.6. The van der Waals surface area contributed by atoms with E-state index < -0.39 is 0 Å². The summed E-state index contributed by atoms with van der Waals surface area (Å²) >= 11 is 0. The maximum Gasteiger partial charge on any atom is 0.340 e. The molecule has 50 valence electrons. The zero-order valence-corrected chi connectivity index (χ0v) is 6.26. The molecule has 0 atom stereocenters. The van der Waals surface area contributed by atoms with Crippen LogP contribution in [0.25, 0.3) is 4.85 Å². The third-order valence-electron chi connectivity index (χ3n) is 1.27. The van der Waals surface area contributed by atoms with Gasteiger partial charge in [-0.1, -0.05) is 17.7 Å². The highest BCUT2D eigenvalue weighted by Crippen LogP contribution is 2.11. The summed E-state index contributed by atoms with van der Waals surface area (Å²) in [6, 6.07) is 10.8. The molecule has 0 heterocycles. The first kappa shape index (κ1) is 6.82. The molecule has 10 heavy (non-hydrogen) atoms. The molecule has 0 spiro atoms. The summed E-state index contributed by atoms with van der Waals surface area (Å²) in [5.41, 5.74) is 2.23. The van der Waals surface area contributed by atoms with Gasteiger partial charge in [-0.15, -0.1) is 0 Å². The van der Waals surface area contributed by atoms with Crippen LogP contribution in [0, 0.1) is 13.0 Å². The van der Waals surface area contributed by atoms with Gasteiger partial charge in [-0.2, -0.15) is 0 Å². The van der Waals surface area contributed by atoms with E-state index in [9.17, 15) is 0 Å². The third-order valence-corrected chi connectivity index (χ3v) is 1.27. The van der Waals surface area contributed by atoms with Crippen molar-refractivity contribution >= 4 is 5.69 Å². The summed E-state index contributed by atoms with van der Waals surface area (Å²) in [4.78, 5) is 4.00. The zero-order chi connectivity index (χ0) is 7.40. The molecule has 1 nitrogen and oxygen atoms in total. The first-order valence-electron chi connectivity index (χ1n) is 3.27. The lowest BCUT2D eigenvalue weighted by atomic mass is 10.2. The van der Waals surface area contributed by atoms with Crippen LogP contribution < -0.4 is 0 Å². The van der Waals surface area contributed by atoms with Crippen LogP contribution in [0.5, 0.6) is 0 Å². The highest BCUT2D eigenvalue weighted by Gasteiger charge is 1.95. The molecule has 1 rings (SSSR count). The van der Waals surface area contributed by atoms with E-state index in [1.54, 1.807) is 6.92 Å². The topological polar surface area (TPSA) is 4.36 Å². The van der Waals surface area contributed by atoms with Crippen molar-refractivity contribution in [3.8, 4) is 6.07 Å². The van der Waals surface area contributed by atoms with Crippen LogP contribution in [0.15, 0.2) is 24.3 Å². The maximum atomic E-state index is 4.00. The molecule has 0 fully saturated rings. The summed E-state index contributed by atoms with van der Waals surface area (Å²) in [6.45, 7) is 3.85. The summed E-state index contributed by atoms with van der Waals surface area (Å²) in [5.74, 6) is 0. The van der Waals surface area contributed by atoms with E-state index in [0.717, 1.165) is 5.69 Å². The van der Waals surface area contributed by atoms with E-state index in [1.807, 2.05) is 24.3 Å². The van der Waals surface area contributed by atoms with Gasteiger partial charge in [0.05, 0.1) is 6.92 Å². The van der Waals surface area contributed by atoms with Crippen molar-refractivity contribution in [1.82, 2.24) is 0 Å². The Bertz CT molecular complexity index is 261. The van der Waals surface area contributed by atoms with Crippen LogP contribution in [0.1, 0.15) is 12.5 Å². The van der Waals surface area contributed by atoms with Crippen molar-refractivity contribution < 1.29 is 0 Å². The lowest BCUT2D eigenvalue weighted by molar-refractivity contribution is 1.48. The number of rotatable bonds is 0. The van der Waals surface area contributed by atoms with Gasteiger partial charge in [0.2, 0.25) is 0 Å². The Morgan fingerprint density at radius 3 is 2.30 bits per heavy atom. The smallest absolute Gasteiger partial charge is 0.0514 e. The summed E-state index contributed by atoms with van der Waals surface area (Å²) in [6.07, 6.45) is 0. The second-order valence-electron chi connectivity index (χ2n) is 2.17. The van der Waals surface area contributed by atoms with E-state index >= 15 is 0 Å². The van der Waals surface area contributed by atoms with Crippen LogP contribution in [-0.4, -0.2) is 0 Å². The molecule has 0 aromatic heterocycles. The molecule has 0 radical (unpaired) electrons. The van der Waals surface area contributed by atoms with Crippen molar-refractivity contribution in [1.29, 1.82) is 0 Å². The average molecular weight is 132 g/mol. The van der Waals surface area contributed by atoms with Gasteiger partial charge in [-0.25, -0.2) is 0 Å². The van der Waals surface area contributed by atoms with Crippen LogP contribution in [-0.2, 0) is 0 Å². The molecular formula is C9H10N+. The van der Waals surface area contributed by atoms with Crippen LogP contribution >= 0.6 is 0 Å². The van der Waals surface area contributed by atoms with Crippen molar-refractivity contribution in [3.05, 3.63) is 34.7 Å². The predicted octanol–water partition coefficient (Wildman–Crippen LogP) is 2.98. The minimum atomic E-state index is 0.966. The molecule has 0 saturated heterocycles. The van der Waals surface area contributed by atoms with Gasteiger partial charge >= 0.3 is 5.69 Å². The Balaban J connectivity index is 2.97. The zero-order valence-electron chi connectivity index (χ0n) is 6.26. The van der Waals surface area contributed by atoms with Crippen molar-refractivity contribution in [2.75, 3.05) is 0 Å². The first-order valence-corrected chi connectivity index (χ1v) is 3.27. The minimum Gasteiger partial charge on any atom is -0.0514 e. The fourth-order valence-corrected chi connectivity index (χ4v) is 0.748. The lowest BCUT2D eigenvalue weighted by Gasteiger charge is -1.82. The number of benzene rings is 1. The Kier molecular flexibility index (Phi) is 2.07. The van der Waals surface area contributed by atoms with Gasteiger partial charge < -0.3 is 0 Å². The van der Waals surface area contributed by atoms with Crippen molar-refractivity contribution in [3.63, 3.8) is 0 Å². The van der Waals surface area contributed by atoms with E-state index in [-0.39, 0.29) is 0 Å². The monoisotopic (exact) mass is 132 g/mol. The molecule has 0 N–H and O–H groups in total. The number of hydrogen-bond donors (Lipinski definition) is 0. The standard InChI is InChI=1S/C9H10N/c1-3-10-9-6-4-8(2)5-7-9/h4-7H,1-2H3/q+1. The second kappa shape index (κ2) is 3.03. The lowest BCUT2D eigenvalue weighted by Crippen LogP contribution is -1.65. The molecule has 1 aromatic carbocycles. The van der Waals surface area contributed by atoms with Gasteiger partial charge in [0.25, 0.3) is 6.07 Å². The fourth-order valence-electron chi connectivity index (χ4n) is 0.748. The van der Waals surface area contributed by atoms with Gasteiger partial charge in [0.15, 0.2) is 0 Å². The molecule has 0 saturated carbocycles. The van der Waals surface area contributed by atoms with Gasteiger partial charge in [-0.3, -0.25) is 0 Å². The highest BCUT2D eigenvalue weighted by molar-refractivity contribution is 5.46. The molecule has 0 unspecified atom stereocenters.